The number of carbonyl (C=O) groups is 2. The molecule has 1 aromatic rings. The molecule has 0 unspecified atom stereocenters. The van der Waals surface area contributed by atoms with Crippen LogP contribution in [0.15, 0.2) is 21.5 Å². The van der Waals surface area contributed by atoms with Crippen molar-refractivity contribution in [2.45, 2.75) is 38.6 Å². The van der Waals surface area contributed by atoms with Crippen molar-refractivity contribution in [3.63, 3.8) is 0 Å². The number of carboxylic acids is 1. The molecule has 1 amide bonds. The van der Waals surface area contributed by atoms with E-state index in [1.165, 1.54) is 0 Å². The lowest BCUT2D eigenvalue weighted by Gasteiger charge is -2.36. The Morgan fingerprint density at radius 1 is 1.30 bits per heavy atom. The van der Waals surface area contributed by atoms with Gasteiger partial charge in [-0.2, -0.15) is 0 Å². The summed E-state index contributed by atoms with van der Waals surface area (Å²) in [5, 5.41) is 9.26. The van der Waals surface area contributed by atoms with Crippen molar-refractivity contribution in [1.29, 1.82) is 0 Å². The number of hydrogen-bond acceptors (Lipinski definition) is 3. The van der Waals surface area contributed by atoms with E-state index in [-0.39, 0.29) is 23.1 Å². The Morgan fingerprint density at radius 2 is 1.91 bits per heavy atom. The molecule has 0 aromatic carbocycles. The molecule has 2 aliphatic rings. The maximum Gasteiger partial charge on any atom is 0.309 e. The number of halogens is 1. The largest absolute Gasteiger partial charge is 0.481 e. The van der Waals surface area contributed by atoms with Gasteiger partial charge in [-0.25, -0.2) is 0 Å². The number of nitrogens with zero attached hydrogens (tertiary/aromatic N) is 2. The first-order chi connectivity index (χ1) is 10.8. The summed E-state index contributed by atoms with van der Waals surface area (Å²) in [5.74, 6) is -1.14. The summed E-state index contributed by atoms with van der Waals surface area (Å²) in [7, 11) is 0. The normalized spacial score (nSPS) is 20.3. The Balaban J connectivity index is 1.82. The minimum absolute atomic E-state index is 0.158. The number of pyridine rings is 1. The number of piperidine rings is 1. The first-order valence-corrected chi connectivity index (χ1v) is 8.55. The number of hydrogen-bond donors (Lipinski definition) is 1. The Kier molecular flexibility index (Phi) is 4.08. The zero-order valence-corrected chi connectivity index (χ0v) is 14.5. The van der Waals surface area contributed by atoms with Crippen LogP contribution < -0.4 is 5.56 Å². The molecule has 1 N–H and O–H groups in total. The number of carbonyl (C=O) groups excluding carboxylic acids is 1. The molecule has 0 radical (unpaired) electrons. The molecule has 0 bridgehead atoms. The Hall–Kier alpha value is -1.63. The van der Waals surface area contributed by atoms with Crippen molar-refractivity contribution in [2.24, 2.45) is 5.41 Å². The summed E-state index contributed by atoms with van der Waals surface area (Å²) in [6, 6.07) is 1.76. The number of rotatable bonds is 3. The van der Waals surface area contributed by atoms with Gasteiger partial charge in [0.15, 0.2) is 0 Å². The van der Waals surface area contributed by atoms with Gasteiger partial charge in [-0.1, -0.05) is 0 Å². The van der Waals surface area contributed by atoms with Crippen LogP contribution in [0.1, 0.15) is 49.0 Å². The van der Waals surface area contributed by atoms with Gasteiger partial charge in [0, 0.05) is 29.8 Å². The van der Waals surface area contributed by atoms with Crippen LogP contribution >= 0.6 is 15.9 Å². The minimum Gasteiger partial charge on any atom is -0.481 e. The van der Waals surface area contributed by atoms with E-state index in [0.717, 1.165) is 12.8 Å². The highest BCUT2D eigenvalue weighted by Crippen LogP contribution is 2.34. The molecule has 1 saturated heterocycles. The van der Waals surface area contributed by atoms with Gasteiger partial charge in [-0.15, -0.1) is 0 Å². The van der Waals surface area contributed by atoms with E-state index in [4.69, 9.17) is 0 Å². The molecule has 3 rings (SSSR count). The Labute approximate surface area is 142 Å². The monoisotopic (exact) mass is 382 g/mol. The summed E-state index contributed by atoms with van der Waals surface area (Å²) in [5.41, 5.74) is -0.889. The van der Waals surface area contributed by atoms with Crippen molar-refractivity contribution in [3.05, 3.63) is 32.7 Å². The fourth-order valence-corrected chi connectivity index (χ4v) is 3.38. The fraction of sp³-hybridized carbons (Fsp3) is 0.562. The minimum atomic E-state index is -0.830. The average Bonchev–Trinajstić information content (AvgIpc) is 3.34. The molecule has 2 heterocycles. The van der Waals surface area contributed by atoms with Crippen LogP contribution in [0.2, 0.25) is 0 Å². The summed E-state index contributed by atoms with van der Waals surface area (Å²) in [6.07, 6.45) is 4.46. The van der Waals surface area contributed by atoms with Crippen LogP contribution in [0.25, 0.3) is 0 Å². The van der Waals surface area contributed by atoms with Gasteiger partial charge in [0.1, 0.15) is 5.56 Å². The molecule has 0 spiro atoms. The molecule has 2 fully saturated rings. The maximum absolute atomic E-state index is 12.7. The lowest BCUT2D eigenvalue weighted by molar-refractivity contribution is -0.150. The smallest absolute Gasteiger partial charge is 0.309 e. The number of amides is 1. The van der Waals surface area contributed by atoms with Crippen molar-refractivity contribution >= 4 is 27.8 Å². The molecule has 1 aliphatic heterocycles. The van der Waals surface area contributed by atoms with Gasteiger partial charge >= 0.3 is 5.97 Å². The third kappa shape index (κ3) is 3.06. The Morgan fingerprint density at radius 3 is 2.43 bits per heavy atom. The molecule has 124 valence electrons. The molecular weight excluding hydrogens is 364 g/mol. The van der Waals surface area contributed by atoms with Crippen molar-refractivity contribution in [3.8, 4) is 0 Å². The van der Waals surface area contributed by atoms with Crippen LogP contribution in [0, 0.1) is 5.41 Å². The SMILES string of the molecule is CC1(C(=O)O)CCN(C(=O)c2cc(Br)cn(C3CC3)c2=O)CC1. The number of aliphatic carboxylic acids is 1. The standard InChI is InChI=1S/C16H19BrN2O4/c1-16(15(22)23)4-6-18(7-5-16)13(20)12-8-10(17)9-19(14(12)21)11-2-3-11/h8-9,11H,2-7H2,1H3,(H,22,23). The second-order valence-electron chi connectivity index (χ2n) is 6.67. The molecule has 1 aromatic heterocycles. The lowest BCUT2D eigenvalue weighted by Crippen LogP contribution is -2.46. The van der Waals surface area contributed by atoms with E-state index in [1.807, 2.05) is 0 Å². The molecule has 1 saturated carbocycles. The van der Waals surface area contributed by atoms with E-state index < -0.39 is 11.4 Å². The van der Waals surface area contributed by atoms with E-state index in [1.54, 1.807) is 28.7 Å². The molecule has 7 heteroatoms. The summed E-state index contributed by atoms with van der Waals surface area (Å²) in [4.78, 5) is 38.1. The number of carboxylic acid groups (broad SMARTS) is 1. The Bertz CT molecular complexity index is 715. The average molecular weight is 383 g/mol. The molecular formula is C16H19BrN2O4. The zero-order chi connectivity index (χ0) is 16.8. The highest BCUT2D eigenvalue weighted by atomic mass is 79.9. The summed E-state index contributed by atoms with van der Waals surface area (Å²) >= 11 is 3.36. The van der Waals surface area contributed by atoms with Crippen LogP contribution in [-0.4, -0.2) is 39.5 Å². The van der Waals surface area contributed by atoms with E-state index in [0.29, 0.717) is 30.4 Å². The highest BCUT2D eigenvalue weighted by Gasteiger charge is 2.38. The second kappa shape index (κ2) is 5.78. The van der Waals surface area contributed by atoms with Gasteiger partial charge in [0.05, 0.1) is 5.41 Å². The quantitative estimate of drug-likeness (QED) is 0.869. The molecule has 23 heavy (non-hydrogen) atoms. The van der Waals surface area contributed by atoms with Crippen LogP contribution in [0.4, 0.5) is 0 Å². The highest BCUT2D eigenvalue weighted by molar-refractivity contribution is 9.10. The number of aromatic nitrogens is 1. The van der Waals surface area contributed by atoms with Crippen LogP contribution in [0.3, 0.4) is 0 Å². The van der Waals surface area contributed by atoms with Gasteiger partial charge < -0.3 is 14.6 Å². The first kappa shape index (κ1) is 16.2. The van der Waals surface area contributed by atoms with E-state index in [9.17, 15) is 19.5 Å². The topological polar surface area (TPSA) is 79.6 Å². The maximum atomic E-state index is 12.7. The van der Waals surface area contributed by atoms with Crippen LogP contribution in [0.5, 0.6) is 0 Å². The van der Waals surface area contributed by atoms with Crippen LogP contribution in [-0.2, 0) is 4.79 Å². The summed E-state index contributed by atoms with van der Waals surface area (Å²) in [6.45, 7) is 2.42. The molecule has 0 atom stereocenters. The van der Waals surface area contributed by atoms with Gasteiger partial charge in [0.2, 0.25) is 0 Å². The van der Waals surface area contributed by atoms with Crippen molar-refractivity contribution in [1.82, 2.24) is 9.47 Å². The summed E-state index contributed by atoms with van der Waals surface area (Å²) < 4.78 is 2.34. The lowest BCUT2D eigenvalue weighted by atomic mass is 9.80. The predicted molar refractivity (Wildman–Crippen MR) is 87.6 cm³/mol. The molecule has 6 nitrogen and oxygen atoms in total. The first-order valence-electron chi connectivity index (χ1n) is 7.76. The predicted octanol–water partition coefficient (Wildman–Crippen LogP) is 2.27. The van der Waals surface area contributed by atoms with E-state index in [2.05, 4.69) is 15.9 Å². The van der Waals surface area contributed by atoms with E-state index >= 15 is 0 Å². The van der Waals surface area contributed by atoms with Gasteiger partial charge in [-0.3, -0.25) is 14.4 Å². The zero-order valence-electron chi connectivity index (χ0n) is 12.9. The molecule has 1 aliphatic carbocycles. The van der Waals surface area contributed by atoms with Crippen molar-refractivity contribution < 1.29 is 14.7 Å². The third-order valence-corrected chi connectivity index (χ3v) is 5.28. The van der Waals surface area contributed by atoms with Gasteiger partial charge in [0.25, 0.3) is 11.5 Å². The van der Waals surface area contributed by atoms with Crippen molar-refractivity contribution in [2.75, 3.05) is 13.1 Å². The second-order valence-corrected chi connectivity index (χ2v) is 7.59. The fourth-order valence-electron chi connectivity index (χ4n) is 2.93. The van der Waals surface area contributed by atoms with Gasteiger partial charge in [-0.05, 0) is 54.6 Å². The third-order valence-electron chi connectivity index (χ3n) is 4.85. The number of likely N-dealkylation sites (tertiary alicyclic amines) is 1.